The molecule has 16 heavy (non-hydrogen) atoms. The van der Waals surface area contributed by atoms with Gasteiger partial charge in [-0.05, 0) is 30.4 Å². The summed E-state index contributed by atoms with van der Waals surface area (Å²) in [6.45, 7) is 0.826. The van der Waals surface area contributed by atoms with Gasteiger partial charge in [0.2, 0.25) is 0 Å². The number of anilines is 1. The molecule has 1 aromatic heterocycles. The number of hydrogen-bond acceptors (Lipinski definition) is 3. The second-order valence-corrected chi connectivity index (χ2v) is 3.63. The first-order valence-electron chi connectivity index (χ1n) is 5.24. The van der Waals surface area contributed by atoms with Crippen molar-refractivity contribution in [2.24, 2.45) is 4.99 Å². The maximum Gasteiger partial charge on any atom is 0.0866 e. The fraction of sp³-hybridized carbons (Fsp3) is 0.0769. The average Bonchev–Trinajstić information content (AvgIpc) is 2.62. The Bertz CT molecular complexity index is 524. The minimum Gasteiger partial charge on any atom is -0.335 e. The Balaban J connectivity index is 2.16. The summed E-state index contributed by atoms with van der Waals surface area (Å²) in [6.07, 6.45) is 13.6. The van der Waals surface area contributed by atoms with Crippen molar-refractivity contribution in [3.63, 3.8) is 0 Å². The van der Waals surface area contributed by atoms with Crippen LogP contribution in [0.25, 0.3) is 6.08 Å². The van der Waals surface area contributed by atoms with Crippen LogP contribution in [0, 0.1) is 0 Å². The molecule has 0 aliphatic carbocycles. The molecule has 0 N–H and O–H groups in total. The maximum atomic E-state index is 4.37. The summed E-state index contributed by atoms with van der Waals surface area (Å²) in [5.74, 6) is 0. The van der Waals surface area contributed by atoms with E-state index in [-0.39, 0.29) is 0 Å². The Morgan fingerprint density at radius 1 is 1.31 bits per heavy atom. The molecule has 1 aromatic rings. The summed E-state index contributed by atoms with van der Waals surface area (Å²) >= 11 is 0. The molecular weight excluding hydrogens is 198 g/mol. The van der Waals surface area contributed by atoms with Crippen LogP contribution in [0.3, 0.4) is 0 Å². The van der Waals surface area contributed by atoms with Crippen molar-refractivity contribution in [3.8, 4) is 0 Å². The molecule has 3 heteroatoms. The van der Waals surface area contributed by atoms with Crippen LogP contribution >= 0.6 is 0 Å². The highest BCUT2D eigenvalue weighted by atomic mass is 15.2. The van der Waals surface area contributed by atoms with Crippen LogP contribution in [0.5, 0.6) is 0 Å². The topological polar surface area (TPSA) is 28.5 Å². The van der Waals surface area contributed by atoms with Crippen molar-refractivity contribution in [3.05, 3.63) is 54.1 Å². The van der Waals surface area contributed by atoms with E-state index < -0.39 is 0 Å². The second kappa shape index (κ2) is 3.77. The summed E-state index contributed by atoms with van der Waals surface area (Å²) in [4.78, 5) is 10.8. The Morgan fingerprint density at radius 2 is 2.31 bits per heavy atom. The number of aromatic nitrogens is 1. The van der Waals surface area contributed by atoms with Gasteiger partial charge in [0.15, 0.2) is 0 Å². The van der Waals surface area contributed by atoms with Gasteiger partial charge in [-0.15, -0.1) is 0 Å². The number of fused-ring (bicyclic) bond motifs is 3. The van der Waals surface area contributed by atoms with E-state index in [2.05, 4.69) is 27.0 Å². The Morgan fingerprint density at radius 3 is 3.31 bits per heavy atom. The zero-order valence-corrected chi connectivity index (χ0v) is 8.74. The van der Waals surface area contributed by atoms with Gasteiger partial charge in [-0.25, -0.2) is 0 Å². The van der Waals surface area contributed by atoms with E-state index in [1.165, 1.54) is 0 Å². The first-order chi connectivity index (χ1) is 7.95. The molecular formula is C13H11N3. The summed E-state index contributed by atoms with van der Waals surface area (Å²) < 4.78 is 0. The van der Waals surface area contributed by atoms with E-state index in [0.717, 1.165) is 23.6 Å². The van der Waals surface area contributed by atoms with Crippen LogP contribution in [-0.4, -0.2) is 17.7 Å². The zero-order valence-electron chi connectivity index (χ0n) is 8.74. The molecule has 0 amide bonds. The molecule has 0 aromatic carbocycles. The van der Waals surface area contributed by atoms with Gasteiger partial charge in [-0.3, -0.25) is 9.98 Å². The van der Waals surface area contributed by atoms with Crippen LogP contribution in [0.1, 0.15) is 5.69 Å². The Hall–Kier alpha value is -2.16. The van der Waals surface area contributed by atoms with Crippen molar-refractivity contribution in [1.82, 2.24) is 4.98 Å². The zero-order chi connectivity index (χ0) is 10.8. The fourth-order valence-electron chi connectivity index (χ4n) is 1.88. The second-order valence-electron chi connectivity index (χ2n) is 3.63. The quantitative estimate of drug-likeness (QED) is 0.656. The molecule has 2 aliphatic heterocycles. The van der Waals surface area contributed by atoms with E-state index in [1.54, 1.807) is 0 Å². The highest BCUT2D eigenvalue weighted by Crippen LogP contribution is 2.26. The molecule has 0 saturated heterocycles. The number of pyridine rings is 1. The molecule has 0 radical (unpaired) electrons. The molecule has 0 saturated carbocycles. The molecule has 3 nitrogen and oxygen atoms in total. The van der Waals surface area contributed by atoms with Crippen molar-refractivity contribution in [2.45, 2.75) is 0 Å². The van der Waals surface area contributed by atoms with Gasteiger partial charge in [0, 0.05) is 18.9 Å². The highest BCUT2D eigenvalue weighted by molar-refractivity contribution is 5.88. The Kier molecular flexibility index (Phi) is 2.14. The maximum absolute atomic E-state index is 4.37. The van der Waals surface area contributed by atoms with E-state index in [1.807, 2.05) is 42.9 Å². The Labute approximate surface area is 94.1 Å². The van der Waals surface area contributed by atoms with Crippen LogP contribution in [-0.2, 0) is 0 Å². The van der Waals surface area contributed by atoms with Crippen molar-refractivity contribution in [2.75, 3.05) is 11.4 Å². The first kappa shape index (κ1) is 9.09. The molecule has 78 valence electrons. The van der Waals surface area contributed by atoms with Crippen LogP contribution in [0.2, 0.25) is 0 Å². The van der Waals surface area contributed by atoms with Crippen molar-refractivity contribution < 1.29 is 0 Å². The average molecular weight is 209 g/mol. The predicted octanol–water partition coefficient (Wildman–Crippen LogP) is 2.40. The summed E-state index contributed by atoms with van der Waals surface area (Å²) in [5, 5.41) is 0. The van der Waals surface area contributed by atoms with Gasteiger partial charge in [-0.2, -0.15) is 0 Å². The lowest BCUT2D eigenvalue weighted by molar-refractivity contribution is 1.05. The number of rotatable bonds is 0. The van der Waals surface area contributed by atoms with Gasteiger partial charge < -0.3 is 4.90 Å². The van der Waals surface area contributed by atoms with Gasteiger partial charge in [0.1, 0.15) is 0 Å². The third-order valence-electron chi connectivity index (χ3n) is 2.63. The van der Waals surface area contributed by atoms with Crippen LogP contribution < -0.4 is 4.90 Å². The summed E-state index contributed by atoms with van der Waals surface area (Å²) in [6, 6.07) is 4.04. The lowest BCUT2D eigenvalue weighted by Gasteiger charge is -2.23. The van der Waals surface area contributed by atoms with E-state index >= 15 is 0 Å². The molecule has 3 rings (SSSR count). The number of allylic oxidation sites excluding steroid dienone is 3. The smallest absolute Gasteiger partial charge is 0.0866 e. The third-order valence-corrected chi connectivity index (χ3v) is 2.63. The van der Waals surface area contributed by atoms with Crippen LogP contribution in [0.4, 0.5) is 5.69 Å². The van der Waals surface area contributed by atoms with Gasteiger partial charge in [-0.1, -0.05) is 6.08 Å². The van der Waals surface area contributed by atoms with E-state index in [9.17, 15) is 0 Å². The number of nitrogens with zero attached hydrogens (tertiary/aromatic N) is 3. The molecule has 0 fully saturated rings. The molecule has 3 heterocycles. The molecule has 0 spiro atoms. The SMILES string of the molecule is C1=Cc2ncccc2N2CC=CN=CC2=C1. The van der Waals surface area contributed by atoms with Gasteiger partial charge in [0.25, 0.3) is 0 Å². The largest absolute Gasteiger partial charge is 0.335 e. The first-order valence-corrected chi connectivity index (χ1v) is 5.24. The molecule has 0 bridgehead atoms. The van der Waals surface area contributed by atoms with E-state index in [4.69, 9.17) is 0 Å². The number of hydrogen-bond donors (Lipinski definition) is 0. The summed E-state index contributed by atoms with van der Waals surface area (Å²) in [7, 11) is 0. The van der Waals surface area contributed by atoms with Crippen molar-refractivity contribution >= 4 is 18.0 Å². The van der Waals surface area contributed by atoms with Crippen LogP contribution in [0.15, 0.2) is 53.4 Å². The minimum atomic E-state index is 0.826. The van der Waals surface area contributed by atoms with Crippen molar-refractivity contribution in [1.29, 1.82) is 0 Å². The lowest BCUT2D eigenvalue weighted by atomic mass is 10.2. The minimum absolute atomic E-state index is 0.826. The fourth-order valence-corrected chi connectivity index (χ4v) is 1.88. The predicted molar refractivity (Wildman–Crippen MR) is 66.3 cm³/mol. The normalized spacial score (nSPS) is 17.2. The third kappa shape index (κ3) is 1.46. The number of aliphatic imine (C=N–C) groups is 1. The highest BCUT2D eigenvalue weighted by Gasteiger charge is 2.15. The van der Waals surface area contributed by atoms with E-state index in [0.29, 0.717) is 0 Å². The summed E-state index contributed by atoms with van der Waals surface area (Å²) in [5.41, 5.74) is 3.21. The lowest BCUT2D eigenvalue weighted by Crippen LogP contribution is -2.23. The molecule has 0 atom stereocenters. The van der Waals surface area contributed by atoms with Gasteiger partial charge >= 0.3 is 0 Å². The molecule has 2 aliphatic rings. The standard InChI is InChI=1S/C13H11N3/c1-4-11-10-14-7-3-9-16(11)13-6-2-8-15-12(13)5-1/h1-8,10H,9H2. The molecule has 0 unspecified atom stereocenters. The monoisotopic (exact) mass is 209 g/mol. The van der Waals surface area contributed by atoms with Gasteiger partial charge in [0.05, 0.1) is 23.3 Å².